The number of nitrogens with zero attached hydrogens (tertiary/aromatic N) is 1. The van der Waals surface area contributed by atoms with Gasteiger partial charge in [-0.2, -0.15) is 0 Å². The molecular weight excluding hydrogens is 566 g/mol. The number of aromatic hydroxyl groups is 2. The Bertz CT molecular complexity index is 1290. The average Bonchev–Trinajstić information content (AvgIpc) is 2.94. The van der Waals surface area contributed by atoms with Crippen molar-refractivity contribution >= 4 is 23.9 Å². The van der Waals surface area contributed by atoms with Crippen LogP contribution in [0.5, 0.6) is 11.5 Å². The van der Waals surface area contributed by atoms with E-state index in [-0.39, 0.29) is 23.5 Å². The number of hydrogen-bond donors (Lipinski definition) is 4. The summed E-state index contributed by atoms with van der Waals surface area (Å²) in [5.74, 6) is -1.83. The molecule has 0 bridgehead atoms. The summed E-state index contributed by atoms with van der Waals surface area (Å²) < 4.78 is 10.2. The molecule has 11 nitrogen and oxygen atoms in total. The van der Waals surface area contributed by atoms with Crippen LogP contribution < -0.4 is 10.6 Å². The van der Waals surface area contributed by atoms with Gasteiger partial charge < -0.3 is 35.2 Å². The first-order valence-electron chi connectivity index (χ1n) is 14.8. The Morgan fingerprint density at radius 2 is 1.59 bits per heavy atom. The van der Waals surface area contributed by atoms with Crippen LogP contribution in [0.15, 0.2) is 42.5 Å². The molecule has 3 unspecified atom stereocenters. The second-order valence-corrected chi connectivity index (χ2v) is 12.3. The molecule has 0 aliphatic carbocycles. The van der Waals surface area contributed by atoms with Gasteiger partial charge in [-0.15, -0.1) is 0 Å². The maximum absolute atomic E-state index is 14.7. The van der Waals surface area contributed by atoms with Crippen LogP contribution in [-0.4, -0.2) is 70.3 Å². The highest BCUT2D eigenvalue weighted by Crippen LogP contribution is 2.34. The molecule has 242 valence electrons. The normalized spacial score (nSPS) is 13.4. The first-order chi connectivity index (χ1) is 20.5. The topological polar surface area (TPSA) is 154 Å². The number of nitrogens with one attached hydrogen (secondary N) is 2. The highest BCUT2D eigenvalue weighted by Gasteiger charge is 2.40. The zero-order chi connectivity index (χ0) is 33.2. The Morgan fingerprint density at radius 1 is 0.955 bits per heavy atom. The third-order valence-corrected chi connectivity index (χ3v) is 6.98. The Morgan fingerprint density at radius 3 is 2.16 bits per heavy atom. The summed E-state index contributed by atoms with van der Waals surface area (Å²) in [4.78, 5) is 54.8. The Balaban J connectivity index is 2.71. The van der Waals surface area contributed by atoms with Crippen LogP contribution in [0.25, 0.3) is 0 Å². The van der Waals surface area contributed by atoms with E-state index in [9.17, 15) is 29.4 Å². The Kier molecular flexibility index (Phi) is 13.0. The van der Waals surface area contributed by atoms with Gasteiger partial charge in [0.1, 0.15) is 35.7 Å². The molecule has 2 aromatic carbocycles. The molecule has 0 aromatic heterocycles. The molecule has 0 fully saturated rings. The van der Waals surface area contributed by atoms with Crippen molar-refractivity contribution in [2.75, 3.05) is 13.7 Å². The summed E-state index contributed by atoms with van der Waals surface area (Å²) in [5.41, 5.74) is 0.447. The predicted octanol–water partition coefficient (Wildman–Crippen LogP) is 4.53. The maximum atomic E-state index is 14.7. The molecule has 0 heterocycles. The average molecular weight is 614 g/mol. The SMILES string of the molecule is COC(=O)CNC(=O)C(c1cccc(C)c1O)N(C(=O)C(Cc1ccc(O)cc1)NC(=O)OC(C)(C)C)C(C)CCC(C)C. The lowest BCUT2D eigenvalue weighted by Gasteiger charge is -2.39. The standard InChI is InChI=1S/C33H47N3O8/c1-20(2)12-13-22(4)36(28(30(40)34-19-27(38)43-8)25-11-9-10-21(3)29(25)39)31(41)26(35-32(42)44-33(5,6)7)18-23-14-16-24(37)17-15-23/h9-11,14-17,20,22,26,28,37,39H,12-13,18-19H2,1-8H3,(H,34,40)(H,35,42). The number of esters is 1. The fraction of sp³-hybridized carbons (Fsp3) is 0.515. The number of para-hydroxylation sites is 1. The van der Waals surface area contributed by atoms with E-state index < -0.39 is 54.1 Å². The number of methoxy groups -OCH3 is 1. The van der Waals surface area contributed by atoms with E-state index in [0.29, 0.717) is 23.5 Å². The van der Waals surface area contributed by atoms with Crippen molar-refractivity contribution in [3.8, 4) is 11.5 Å². The zero-order valence-corrected chi connectivity index (χ0v) is 27.0. The predicted molar refractivity (Wildman–Crippen MR) is 166 cm³/mol. The highest BCUT2D eigenvalue weighted by molar-refractivity contribution is 5.94. The van der Waals surface area contributed by atoms with Crippen molar-refractivity contribution < 1.29 is 38.9 Å². The number of amides is 3. The molecule has 44 heavy (non-hydrogen) atoms. The maximum Gasteiger partial charge on any atom is 0.408 e. The van der Waals surface area contributed by atoms with Crippen molar-refractivity contribution in [3.05, 3.63) is 59.2 Å². The van der Waals surface area contributed by atoms with Gasteiger partial charge in [-0.3, -0.25) is 14.4 Å². The third kappa shape index (κ3) is 10.8. The van der Waals surface area contributed by atoms with E-state index in [1.807, 2.05) is 13.8 Å². The van der Waals surface area contributed by atoms with Gasteiger partial charge in [-0.05, 0) is 76.6 Å². The molecule has 0 aliphatic rings. The number of ether oxygens (including phenoxy) is 2. The highest BCUT2D eigenvalue weighted by atomic mass is 16.6. The van der Waals surface area contributed by atoms with E-state index in [4.69, 9.17) is 4.74 Å². The Labute approximate surface area is 259 Å². The van der Waals surface area contributed by atoms with Crippen LogP contribution in [0, 0.1) is 12.8 Å². The summed E-state index contributed by atoms with van der Waals surface area (Å²) in [7, 11) is 1.19. The Hall–Kier alpha value is -4.28. The van der Waals surface area contributed by atoms with Crippen molar-refractivity contribution in [1.82, 2.24) is 15.5 Å². The number of phenols is 2. The number of alkyl carbamates (subject to hydrolysis) is 1. The molecule has 3 atom stereocenters. The molecule has 2 aromatic rings. The number of rotatable bonds is 13. The number of aryl methyl sites for hydroxylation is 1. The summed E-state index contributed by atoms with van der Waals surface area (Å²) in [6, 6.07) is 8.00. The lowest BCUT2D eigenvalue weighted by Crippen LogP contribution is -2.56. The van der Waals surface area contributed by atoms with E-state index in [1.165, 1.54) is 24.1 Å². The van der Waals surface area contributed by atoms with Crippen LogP contribution in [0.1, 0.15) is 77.1 Å². The zero-order valence-electron chi connectivity index (χ0n) is 27.0. The van der Waals surface area contributed by atoms with Crippen LogP contribution in [0.2, 0.25) is 0 Å². The number of carbonyl (C=O) groups excluding carboxylic acids is 4. The van der Waals surface area contributed by atoms with E-state index in [0.717, 1.165) is 6.42 Å². The molecule has 11 heteroatoms. The summed E-state index contributed by atoms with van der Waals surface area (Å²) in [6.07, 6.45) is 0.426. The molecule has 2 rings (SSSR count). The second kappa shape index (κ2) is 16.0. The number of phenolic OH excluding ortho intramolecular Hbond substituents is 2. The lowest BCUT2D eigenvalue weighted by molar-refractivity contribution is -0.146. The number of benzene rings is 2. The van der Waals surface area contributed by atoms with Gasteiger partial charge in [0.15, 0.2) is 0 Å². The van der Waals surface area contributed by atoms with Crippen LogP contribution >= 0.6 is 0 Å². The van der Waals surface area contributed by atoms with Gasteiger partial charge in [0, 0.05) is 18.0 Å². The molecule has 0 saturated heterocycles. The minimum Gasteiger partial charge on any atom is -0.508 e. The van der Waals surface area contributed by atoms with Gasteiger partial charge in [-0.1, -0.05) is 44.2 Å². The van der Waals surface area contributed by atoms with E-state index >= 15 is 0 Å². The number of carbonyl (C=O) groups is 4. The first-order valence-corrected chi connectivity index (χ1v) is 14.8. The summed E-state index contributed by atoms with van der Waals surface area (Å²) >= 11 is 0. The molecule has 0 aliphatic heterocycles. The van der Waals surface area contributed by atoms with Crippen molar-refractivity contribution in [2.24, 2.45) is 5.92 Å². The molecular formula is C33H47N3O8. The molecule has 0 radical (unpaired) electrons. The quantitative estimate of drug-likeness (QED) is 0.240. The minimum absolute atomic E-state index is 0.0159. The van der Waals surface area contributed by atoms with Gasteiger partial charge in [0.2, 0.25) is 11.8 Å². The molecule has 0 saturated carbocycles. The smallest absolute Gasteiger partial charge is 0.408 e. The number of hydrogen-bond acceptors (Lipinski definition) is 8. The second-order valence-electron chi connectivity index (χ2n) is 12.3. The van der Waals surface area contributed by atoms with E-state index in [2.05, 4.69) is 15.4 Å². The fourth-order valence-electron chi connectivity index (χ4n) is 4.66. The van der Waals surface area contributed by atoms with Crippen molar-refractivity contribution in [3.63, 3.8) is 0 Å². The molecule has 0 spiro atoms. The van der Waals surface area contributed by atoms with Gasteiger partial charge in [0.05, 0.1) is 7.11 Å². The van der Waals surface area contributed by atoms with Gasteiger partial charge in [0.25, 0.3) is 0 Å². The van der Waals surface area contributed by atoms with E-state index in [1.54, 1.807) is 65.0 Å². The largest absolute Gasteiger partial charge is 0.508 e. The lowest BCUT2D eigenvalue weighted by atomic mass is 9.94. The van der Waals surface area contributed by atoms with Gasteiger partial charge in [-0.25, -0.2) is 4.79 Å². The van der Waals surface area contributed by atoms with Crippen molar-refractivity contribution in [1.29, 1.82) is 0 Å². The molecule has 4 N–H and O–H groups in total. The minimum atomic E-state index is -1.36. The summed E-state index contributed by atoms with van der Waals surface area (Å²) in [5, 5.41) is 26.1. The van der Waals surface area contributed by atoms with Crippen LogP contribution in [0.3, 0.4) is 0 Å². The third-order valence-electron chi connectivity index (χ3n) is 6.98. The summed E-state index contributed by atoms with van der Waals surface area (Å²) in [6.45, 7) is 12.2. The van der Waals surface area contributed by atoms with Crippen LogP contribution in [-0.2, 0) is 30.3 Å². The molecule has 3 amide bonds. The van der Waals surface area contributed by atoms with Crippen LogP contribution in [0.4, 0.5) is 4.79 Å². The first kappa shape index (κ1) is 35.9. The van der Waals surface area contributed by atoms with Gasteiger partial charge >= 0.3 is 12.1 Å². The fourth-order valence-corrected chi connectivity index (χ4v) is 4.66. The van der Waals surface area contributed by atoms with Crippen molar-refractivity contribution in [2.45, 2.75) is 91.5 Å². The monoisotopic (exact) mass is 613 g/mol.